The van der Waals surface area contributed by atoms with Crippen molar-refractivity contribution in [2.75, 3.05) is 48.1 Å². The highest BCUT2D eigenvalue weighted by atomic mass is 35.5. The van der Waals surface area contributed by atoms with Crippen molar-refractivity contribution in [2.24, 2.45) is 5.92 Å². The number of fused-ring (bicyclic) bond motifs is 1. The smallest absolute Gasteiger partial charge is 0.239 e. The Balaban J connectivity index is 1.81. The van der Waals surface area contributed by atoms with Crippen LogP contribution in [0.25, 0.3) is 0 Å². The van der Waals surface area contributed by atoms with Gasteiger partial charge in [-0.1, -0.05) is 24.6 Å². The number of benzene rings is 2. The summed E-state index contributed by atoms with van der Waals surface area (Å²) in [6.07, 6.45) is -0.653. The lowest BCUT2D eigenvalue weighted by molar-refractivity contribution is -0.126. The molecular formula is C31H35ClN2O11. The molecule has 0 radical (unpaired) electrons. The van der Waals surface area contributed by atoms with Crippen LogP contribution in [0, 0.1) is 5.92 Å². The SMILES string of the molecule is COCCNC(=O)CNC(=O)CC(C1=C(O)C2(Oc3c(Cl)c(OC)cc(OC)c3C2=O)C(C)CC1=O)c1ccc(O)c(OC)c1. The van der Waals surface area contributed by atoms with Crippen molar-refractivity contribution in [3.8, 4) is 28.7 Å². The molecule has 3 atom stereocenters. The van der Waals surface area contributed by atoms with Crippen molar-refractivity contribution in [3.63, 3.8) is 0 Å². The number of nitrogens with one attached hydrogen (secondary N) is 2. The molecule has 4 N–H and O–H groups in total. The van der Waals surface area contributed by atoms with Gasteiger partial charge in [-0.2, -0.15) is 0 Å². The average molecular weight is 647 g/mol. The average Bonchev–Trinajstić information content (AvgIpc) is 3.33. The number of aliphatic hydroxyl groups excluding tert-OH is 1. The molecule has 13 nitrogen and oxygen atoms in total. The second kappa shape index (κ2) is 13.7. The Morgan fingerprint density at radius 2 is 1.71 bits per heavy atom. The van der Waals surface area contributed by atoms with Crippen molar-refractivity contribution >= 4 is 35.0 Å². The van der Waals surface area contributed by atoms with E-state index in [2.05, 4.69) is 10.6 Å². The molecule has 45 heavy (non-hydrogen) atoms. The molecule has 242 valence electrons. The van der Waals surface area contributed by atoms with Gasteiger partial charge >= 0.3 is 0 Å². The van der Waals surface area contributed by atoms with Gasteiger partial charge in [0.25, 0.3) is 0 Å². The number of allylic oxidation sites excluding steroid dienone is 1. The van der Waals surface area contributed by atoms with E-state index in [-0.39, 0.29) is 71.0 Å². The number of ether oxygens (including phenoxy) is 5. The number of phenols is 1. The van der Waals surface area contributed by atoms with Crippen LogP contribution >= 0.6 is 11.6 Å². The first-order valence-electron chi connectivity index (χ1n) is 14.0. The fourth-order valence-electron chi connectivity index (χ4n) is 5.63. The van der Waals surface area contributed by atoms with Gasteiger partial charge in [-0.15, -0.1) is 0 Å². The van der Waals surface area contributed by atoms with Gasteiger partial charge in [0.15, 0.2) is 28.8 Å². The Kier molecular flexibility index (Phi) is 10.1. The summed E-state index contributed by atoms with van der Waals surface area (Å²) in [5.74, 6) is -4.99. The summed E-state index contributed by atoms with van der Waals surface area (Å²) in [7, 11) is 5.54. The summed E-state index contributed by atoms with van der Waals surface area (Å²) < 4.78 is 27.1. The molecular weight excluding hydrogens is 612 g/mol. The summed E-state index contributed by atoms with van der Waals surface area (Å²) in [4.78, 5) is 53.3. The maximum atomic E-state index is 14.2. The zero-order valence-electron chi connectivity index (χ0n) is 25.4. The topological polar surface area (TPSA) is 179 Å². The Morgan fingerprint density at radius 3 is 2.36 bits per heavy atom. The summed E-state index contributed by atoms with van der Waals surface area (Å²) in [6.45, 7) is 1.76. The first-order valence-corrected chi connectivity index (χ1v) is 14.4. The van der Waals surface area contributed by atoms with E-state index >= 15 is 0 Å². The van der Waals surface area contributed by atoms with Gasteiger partial charge in [0.05, 0.1) is 34.5 Å². The van der Waals surface area contributed by atoms with Crippen LogP contribution in [0.3, 0.4) is 0 Å². The zero-order valence-corrected chi connectivity index (χ0v) is 26.2. The maximum absolute atomic E-state index is 14.2. The standard InChI is InChI=1S/C31H35ClN2O11/c1-15-10-19(36)25(29(39)31(15)30(40)26-21(43-4)13-22(44-5)27(32)28(26)45-31)17(16-6-7-18(35)20(11-16)42-3)12-23(37)34-14-24(38)33-8-9-41-2/h6-7,11,13,15,17,35,39H,8-10,12,14H2,1-5H3,(H,33,38)(H,34,37). The molecule has 3 unspecified atom stereocenters. The molecule has 0 saturated heterocycles. The van der Waals surface area contributed by atoms with Crippen molar-refractivity contribution in [1.29, 1.82) is 0 Å². The number of aromatic hydroxyl groups is 1. The number of rotatable bonds is 12. The Labute approximate surface area is 264 Å². The van der Waals surface area contributed by atoms with Crippen molar-refractivity contribution in [2.45, 2.75) is 31.3 Å². The number of carbonyl (C=O) groups excluding carboxylic acids is 4. The number of halogens is 1. The Bertz CT molecular complexity index is 1560. The van der Waals surface area contributed by atoms with Gasteiger partial charge in [-0.05, 0) is 17.7 Å². The Hall–Kier alpha value is -4.49. The quantitative estimate of drug-likeness (QED) is 0.249. The predicted molar refractivity (Wildman–Crippen MR) is 161 cm³/mol. The van der Waals surface area contributed by atoms with E-state index in [0.29, 0.717) is 5.56 Å². The van der Waals surface area contributed by atoms with Crippen LogP contribution in [0.4, 0.5) is 0 Å². The number of hydrogen-bond donors (Lipinski definition) is 4. The molecule has 2 aromatic rings. The number of ketones is 2. The van der Waals surface area contributed by atoms with Crippen LogP contribution < -0.4 is 29.6 Å². The molecule has 1 spiro atoms. The number of amides is 2. The molecule has 4 rings (SSSR count). The highest BCUT2D eigenvalue weighted by Crippen LogP contribution is 2.56. The molecule has 0 aromatic heterocycles. The van der Waals surface area contributed by atoms with E-state index < -0.39 is 53.0 Å². The Morgan fingerprint density at radius 1 is 1.02 bits per heavy atom. The van der Waals surface area contributed by atoms with Crippen molar-refractivity contribution in [1.82, 2.24) is 10.6 Å². The third-order valence-corrected chi connectivity index (χ3v) is 8.29. The van der Waals surface area contributed by atoms with Crippen LogP contribution in [0.1, 0.15) is 41.6 Å². The summed E-state index contributed by atoms with van der Waals surface area (Å²) >= 11 is 6.53. The van der Waals surface area contributed by atoms with Gasteiger partial charge in [0.2, 0.25) is 23.2 Å². The van der Waals surface area contributed by atoms with Crippen LogP contribution in [0.15, 0.2) is 35.6 Å². The lowest BCUT2D eigenvalue weighted by Crippen LogP contribution is -2.53. The number of Topliss-reactive ketones (excluding diaryl/α,β-unsaturated/α-hetero) is 2. The van der Waals surface area contributed by atoms with Gasteiger partial charge in [0.1, 0.15) is 22.1 Å². The molecule has 1 aliphatic heterocycles. The van der Waals surface area contributed by atoms with Crippen LogP contribution in [0.2, 0.25) is 5.02 Å². The number of aliphatic hydroxyl groups is 1. The van der Waals surface area contributed by atoms with Crippen LogP contribution in [-0.4, -0.2) is 87.3 Å². The third kappa shape index (κ3) is 6.09. The minimum absolute atomic E-state index is 0.0278. The van der Waals surface area contributed by atoms with Crippen LogP contribution in [-0.2, 0) is 19.1 Å². The molecule has 0 bridgehead atoms. The lowest BCUT2D eigenvalue weighted by Gasteiger charge is -2.38. The number of hydrogen-bond acceptors (Lipinski definition) is 11. The highest BCUT2D eigenvalue weighted by Gasteiger charge is 2.61. The largest absolute Gasteiger partial charge is 0.507 e. The van der Waals surface area contributed by atoms with E-state index in [1.165, 1.54) is 52.7 Å². The second-order valence-corrected chi connectivity index (χ2v) is 10.9. The van der Waals surface area contributed by atoms with E-state index in [0.717, 1.165) is 0 Å². The minimum atomic E-state index is -2.08. The molecule has 1 aliphatic carbocycles. The number of methoxy groups -OCH3 is 4. The maximum Gasteiger partial charge on any atom is 0.239 e. The van der Waals surface area contributed by atoms with E-state index in [1.807, 2.05) is 0 Å². The molecule has 2 amide bonds. The van der Waals surface area contributed by atoms with Gasteiger partial charge in [-0.25, -0.2) is 0 Å². The van der Waals surface area contributed by atoms with Gasteiger partial charge in [0, 0.05) is 50.0 Å². The van der Waals surface area contributed by atoms with Crippen molar-refractivity contribution in [3.05, 3.63) is 51.7 Å². The van der Waals surface area contributed by atoms with E-state index in [4.69, 9.17) is 35.3 Å². The summed E-state index contributed by atoms with van der Waals surface area (Å²) in [5.41, 5.74) is -2.05. The second-order valence-electron chi connectivity index (χ2n) is 10.6. The van der Waals surface area contributed by atoms with E-state index in [1.54, 1.807) is 6.92 Å². The first kappa shape index (κ1) is 33.4. The summed E-state index contributed by atoms with van der Waals surface area (Å²) in [5, 5.41) is 27.2. The molecule has 2 aliphatic rings. The molecule has 1 heterocycles. The normalized spacial score (nSPS) is 19.6. The summed E-state index contributed by atoms with van der Waals surface area (Å²) in [6, 6.07) is 5.61. The minimum Gasteiger partial charge on any atom is -0.507 e. The molecule has 0 fully saturated rings. The monoisotopic (exact) mass is 646 g/mol. The molecule has 0 saturated carbocycles. The fraction of sp³-hybridized carbons (Fsp3) is 0.419. The van der Waals surface area contributed by atoms with Gasteiger partial charge in [-0.3, -0.25) is 19.2 Å². The third-order valence-electron chi connectivity index (χ3n) is 7.93. The lowest BCUT2D eigenvalue weighted by atomic mass is 9.69. The zero-order chi connectivity index (χ0) is 33.1. The molecule has 14 heteroatoms. The number of phenolic OH excluding ortho intramolecular Hbond substituents is 1. The number of carbonyl (C=O) groups is 4. The van der Waals surface area contributed by atoms with Crippen molar-refractivity contribution < 1.29 is 53.1 Å². The van der Waals surface area contributed by atoms with Gasteiger partial charge < -0.3 is 44.5 Å². The first-order chi connectivity index (χ1) is 21.4. The molecule has 2 aromatic carbocycles. The predicted octanol–water partition coefficient (Wildman–Crippen LogP) is 2.86. The fourth-order valence-corrected chi connectivity index (χ4v) is 5.89. The highest BCUT2D eigenvalue weighted by molar-refractivity contribution is 6.35. The van der Waals surface area contributed by atoms with E-state index in [9.17, 15) is 29.4 Å². The van der Waals surface area contributed by atoms with Crippen LogP contribution in [0.5, 0.6) is 28.7 Å².